The highest BCUT2D eigenvalue weighted by Gasteiger charge is 2.31. The summed E-state index contributed by atoms with van der Waals surface area (Å²) in [5.41, 5.74) is 6.42. The van der Waals surface area contributed by atoms with E-state index in [1.807, 2.05) is 25.7 Å². The average molecular weight is 323 g/mol. The van der Waals surface area contributed by atoms with Crippen LogP contribution in [-0.4, -0.2) is 21.6 Å². The van der Waals surface area contributed by atoms with E-state index in [2.05, 4.69) is 34.8 Å². The van der Waals surface area contributed by atoms with E-state index in [1.165, 1.54) is 10.5 Å². The Balaban J connectivity index is 1.87. The number of hydrogen-bond donors (Lipinski definition) is 2. The minimum atomic E-state index is 0.154. The van der Waals surface area contributed by atoms with Gasteiger partial charge in [-0.3, -0.25) is 16.0 Å². The van der Waals surface area contributed by atoms with Crippen LogP contribution in [0.15, 0.2) is 29.2 Å². The predicted molar refractivity (Wildman–Crippen MR) is 87.7 cm³/mol. The number of hydrazine groups is 1. The topological polar surface area (TPSA) is 55.9 Å². The van der Waals surface area contributed by atoms with E-state index >= 15 is 0 Å². The van der Waals surface area contributed by atoms with Gasteiger partial charge in [-0.15, -0.1) is 11.8 Å². The van der Waals surface area contributed by atoms with Gasteiger partial charge in [0.25, 0.3) is 0 Å². The van der Waals surface area contributed by atoms with Crippen molar-refractivity contribution in [2.75, 3.05) is 5.75 Å². The fourth-order valence-corrected chi connectivity index (χ4v) is 4.55. The summed E-state index contributed by atoms with van der Waals surface area (Å²) in [5.74, 6) is 7.28. The fourth-order valence-electron chi connectivity index (χ4n) is 2.96. The number of aryl methyl sites for hydroxylation is 2. The van der Waals surface area contributed by atoms with Crippen LogP contribution in [0.2, 0.25) is 5.15 Å². The summed E-state index contributed by atoms with van der Waals surface area (Å²) in [4.78, 5) is 1.36. The molecule has 0 fully saturated rings. The van der Waals surface area contributed by atoms with E-state index in [0.29, 0.717) is 11.1 Å². The number of nitrogens with zero attached hydrogens (tertiary/aromatic N) is 2. The molecule has 3 rings (SSSR count). The monoisotopic (exact) mass is 322 g/mol. The second-order valence-corrected chi connectivity index (χ2v) is 6.83. The molecule has 2 atom stereocenters. The van der Waals surface area contributed by atoms with Gasteiger partial charge in [0.05, 0.1) is 5.69 Å². The lowest BCUT2D eigenvalue weighted by Gasteiger charge is -2.23. The largest absolute Gasteiger partial charge is 0.271 e. The summed E-state index contributed by atoms with van der Waals surface area (Å²) in [6, 6.07) is 8.70. The third-order valence-electron chi connectivity index (χ3n) is 4.13. The maximum Gasteiger partial charge on any atom is 0.130 e. The number of thioether (sulfide) groups is 1. The molecule has 2 aromatic rings. The van der Waals surface area contributed by atoms with Gasteiger partial charge in [0.1, 0.15) is 5.15 Å². The number of halogens is 1. The van der Waals surface area contributed by atoms with E-state index in [1.54, 1.807) is 4.68 Å². The predicted octanol–water partition coefficient (Wildman–Crippen LogP) is 2.65. The Morgan fingerprint density at radius 3 is 2.95 bits per heavy atom. The van der Waals surface area contributed by atoms with Gasteiger partial charge >= 0.3 is 0 Å². The molecule has 21 heavy (non-hydrogen) atoms. The minimum absolute atomic E-state index is 0.154. The minimum Gasteiger partial charge on any atom is -0.271 e. The van der Waals surface area contributed by atoms with Crippen LogP contribution in [0.3, 0.4) is 0 Å². The van der Waals surface area contributed by atoms with Gasteiger partial charge in [-0.2, -0.15) is 5.10 Å². The number of nitrogens with two attached hydrogens (primary N) is 1. The molecule has 4 nitrogen and oxygen atoms in total. The molecule has 0 aliphatic carbocycles. The van der Waals surface area contributed by atoms with Gasteiger partial charge in [-0.1, -0.05) is 29.8 Å². The fraction of sp³-hybridized carbons (Fsp3) is 0.400. The SMILES string of the molecule is Cc1nn(C)c(Cl)c1CC(NN)C1CSc2ccccc21. The van der Waals surface area contributed by atoms with Crippen LogP contribution in [-0.2, 0) is 13.5 Å². The molecule has 0 spiro atoms. The Bertz CT molecular complexity index is 655. The molecule has 0 radical (unpaired) electrons. The molecule has 0 saturated heterocycles. The molecule has 1 aromatic carbocycles. The van der Waals surface area contributed by atoms with Crippen molar-refractivity contribution in [3.05, 3.63) is 46.2 Å². The lowest BCUT2D eigenvalue weighted by molar-refractivity contribution is 0.462. The van der Waals surface area contributed by atoms with Crippen LogP contribution in [0.4, 0.5) is 0 Å². The molecule has 2 heterocycles. The van der Waals surface area contributed by atoms with Crippen LogP contribution in [0.25, 0.3) is 0 Å². The van der Waals surface area contributed by atoms with Crippen molar-refractivity contribution >= 4 is 23.4 Å². The van der Waals surface area contributed by atoms with Crippen LogP contribution < -0.4 is 11.3 Å². The van der Waals surface area contributed by atoms with Crippen LogP contribution in [0.5, 0.6) is 0 Å². The second-order valence-electron chi connectivity index (χ2n) is 5.41. The zero-order chi connectivity index (χ0) is 15.0. The van der Waals surface area contributed by atoms with Gasteiger partial charge < -0.3 is 0 Å². The van der Waals surface area contributed by atoms with Crippen molar-refractivity contribution < 1.29 is 0 Å². The zero-order valence-corrected chi connectivity index (χ0v) is 13.7. The zero-order valence-electron chi connectivity index (χ0n) is 12.1. The molecule has 2 unspecified atom stereocenters. The van der Waals surface area contributed by atoms with Crippen molar-refractivity contribution in [1.29, 1.82) is 0 Å². The maximum absolute atomic E-state index is 6.35. The molecule has 3 N–H and O–H groups in total. The molecule has 0 bridgehead atoms. The summed E-state index contributed by atoms with van der Waals surface area (Å²) in [6.07, 6.45) is 0.786. The Kier molecular flexibility index (Phi) is 4.26. The highest BCUT2D eigenvalue weighted by molar-refractivity contribution is 7.99. The lowest BCUT2D eigenvalue weighted by atomic mass is 9.89. The van der Waals surface area contributed by atoms with Crippen LogP contribution >= 0.6 is 23.4 Å². The molecular weight excluding hydrogens is 304 g/mol. The molecule has 1 aliphatic rings. The highest BCUT2D eigenvalue weighted by Crippen LogP contribution is 2.41. The quantitative estimate of drug-likeness (QED) is 0.671. The first kappa shape index (κ1) is 14.9. The number of hydrogen-bond acceptors (Lipinski definition) is 4. The van der Waals surface area contributed by atoms with Crippen LogP contribution in [0.1, 0.15) is 22.7 Å². The van der Waals surface area contributed by atoms with E-state index < -0.39 is 0 Å². The summed E-state index contributed by atoms with van der Waals surface area (Å²) in [5, 5.41) is 5.08. The standard InChI is InChI=1S/C15H19ClN4S/c1-9-11(15(16)20(2)19-9)7-13(18-17)12-8-21-14-6-4-3-5-10(12)14/h3-6,12-13,18H,7-8,17H2,1-2H3. The number of nitrogens with one attached hydrogen (secondary N) is 1. The average Bonchev–Trinajstić information content (AvgIpc) is 3.00. The molecule has 0 amide bonds. The molecular formula is C15H19ClN4S. The molecule has 112 valence electrons. The summed E-state index contributed by atoms with van der Waals surface area (Å²) < 4.78 is 1.72. The number of rotatable bonds is 4. The maximum atomic E-state index is 6.35. The van der Waals surface area contributed by atoms with Gasteiger partial charge in [-0.25, -0.2) is 0 Å². The third kappa shape index (κ3) is 2.71. The highest BCUT2D eigenvalue weighted by atomic mass is 35.5. The van der Waals surface area contributed by atoms with Crippen molar-refractivity contribution in [3.8, 4) is 0 Å². The number of benzene rings is 1. The van der Waals surface area contributed by atoms with Gasteiger partial charge in [0, 0.05) is 35.2 Å². The molecule has 6 heteroatoms. The first-order valence-electron chi connectivity index (χ1n) is 6.97. The van der Waals surface area contributed by atoms with Crippen molar-refractivity contribution in [3.63, 3.8) is 0 Å². The number of fused-ring (bicyclic) bond motifs is 1. The van der Waals surface area contributed by atoms with Gasteiger partial charge in [0.15, 0.2) is 0 Å². The second kappa shape index (κ2) is 6.01. The van der Waals surface area contributed by atoms with Gasteiger partial charge in [0.2, 0.25) is 0 Å². The van der Waals surface area contributed by atoms with Crippen molar-refractivity contribution in [2.24, 2.45) is 12.9 Å². The first-order valence-corrected chi connectivity index (χ1v) is 8.34. The Hall–Kier alpha value is -1.01. The summed E-state index contributed by atoms with van der Waals surface area (Å²) >= 11 is 8.24. The van der Waals surface area contributed by atoms with E-state index in [4.69, 9.17) is 17.4 Å². The molecule has 1 aliphatic heterocycles. The Morgan fingerprint density at radius 2 is 2.29 bits per heavy atom. The smallest absolute Gasteiger partial charge is 0.130 e. The third-order valence-corrected chi connectivity index (χ3v) is 5.81. The summed E-state index contributed by atoms with van der Waals surface area (Å²) in [7, 11) is 1.87. The van der Waals surface area contributed by atoms with Gasteiger partial charge in [-0.05, 0) is 25.0 Å². The van der Waals surface area contributed by atoms with Crippen molar-refractivity contribution in [2.45, 2.75) is 30.2 Å². The van der Waals surface area contributed by atoms with Crippen LogP contribution in [0, 0.1) is 6.92 Å². The normalized spacial score (nSPS) is 18.8. The first-order chi connectivity index (χ1) is 10.1. The molecule has 1 aromatic heterocycles. The number of aromatic nitrogens is 2. The Morgan fingerprint density at radius 1 is 1.52 bits per heavy atom. The van der Waals surface area contributed by atoms with E-state index in [9.17, 15) is 0 Å². The summed E-state index contributed by atoms with van der Waals surface area (Å²) in [6.45, 7) is 1.99. The molecule has 0 saturated carbocycles. The lowest BCUT2D eigenvalue weighted by Crippen LogP contribution is -2.41. The van der Waals surface area contributed by atoms with E-state index in [-0.39, 0.29) is 6.04 Å². The Labute approximate surface area is 134 Å². The van der Waals surface area contributed by atoms with Crippen molar-refractivity contribution in [1.82, 2.24) is 15.2 Å². The van der Waals surface area contributed by atoms with E-state index in [0.717, 1.165) is 23.4 Å².